The van der Waals surface area contributed by atoms with E-state index in [1.165, 1.54) is 7.11 Å². The van der Waals surface area contributed by atoms with Crippen LogP contribution in [0.15, 0.2) is 12.4 Å². The zero-order valence-electron chi connectivity index (χ0n) is 10.7. The molecule has 0 radical (unpaired) electrons. The van der Waals surface area contributed by atoms with E-state index in [-0.39, 0.29) is 13.0 Å². The number of rotatable bonds is 8. The van der Waals surface area contributed by atoms with Crippen molar-refractivity contribution >= 4 is 0 Å². The standard InChI is InChI=1S/C12H22FN3O/c1-3-16-8-7-15-11(16)9-12(13,10-17-2)5-4-6-14/h7-8H,3-6,9-10,14H2,1-2H3. The van der Waals surface area contributed by atoms with Gasteiger partial charge in [-0.05, 0) is 26.3 Å². The van der Waals surface area contributed by atoms with Gasteiger partial charge in [-0.25, -0.2) is 9.37 Å². The highest BCUT2D eigenvalue weighted by atomic mass is 19.1. The fourth-order valence-electron chi connectivity index (χ4n) is 1.97. The molecule has 1 aromatic heterocycles. The molecule has 0 aromatic carbocycles. The van der Waals surface area contributed by atoms with E-state index in [1.807, 2.05) is 17.7 Å². The monoisotopic (exact) mass is 243 g/mol. The Bertz CT molecular complexity index is 329. The maximum Gasteiger partial charge on any atom is 0.141 e. The molecule has 98 valence electrons. The number of nitrogens with two attached hydrogens (primary N) is 1. The van der Waals surface area contributed by atoms with Gasteiger partial charge >= 0.3 is 0 Å². The number of ether oxygens (including phenoxy) is 1. The van der Waals surface area contributed by atoms with Crippen LogP contribution < -0.4 is 5.73 Å². The van der Waals surface area contributed by atoms with E-state index in [1.54, 1.807) is 6.20 Å². The predicted octanol–water partition coefficient (Wildman–Crippen LogP) is 1.54. The number of hydrogen-bond donors (Lipinski definition) is 1. The number of alkyl halides is 1. The number of methoxy groups -OCH3 is 1. The maximum atomic E-state index is 14.6. The van der Waals surface area contributed by atoms with Crippen molar-refractivity contribution in [2.45, 2.75) is 38.4 Å². The zero-order valence-corrected chi connectivity index (χ0v) is 10.7. The molecule has 5 heteroatoms. The van der Waals surface area contributed by atoms with Gasteiger partial charge in [-0.3, -0.25) is 0 Å². The Kier molecular flexibility index (Phi) is 5.58. The van der Waals surface area contributed by atoms with Crippen LogP contribution in [0, 0.1) is 0 Å². The highest BCUT2D eigenvalue weighted by Gasteiger charge is 2.31. The SMILES string of the molecule is CCn1ccnc1CC(F)(CCCN)COC. The predicted molar refractivity (Wildman–Crippen MR) is 65.6 cm³/mol. The van der Waals surface area contributed by atoms with E-state index >= 15 is 0 Å². The Hall–Kier alpha value is -0.940. The Balaban J connectivity index is 2.71. The molecule has 0 spiro atoms. The van der Waals surface area contributed by atoms with Crippen LogP contribution in [0.4, 0.5) is 4.39 Å². The van der Waals surface area contributed by atoms with Crippen LogP contribution in [0.2, 0.25) is 0 Å². The average Bonchev–Trinajstić information content (AvgIpc) is 2.74. The van der Waals surface area contributed by atoms with E-state index in [4.69, 9.17) is 10.5 Å². The van der Waals surface area contributed by atoms with Gasteiger partial charge in [0.05, 0.1) is 6.61 Å². The summed E-state index contributed by atoms with van der Waals surface area (Å²) in [7, 11) is 1.52. The average molecular weight is 243 g/mol. The van der Waals surface area contributed by atoms with Gasteiger partial charge in [0.15, 0.2) is 0 Å². The second kappa shape index (κ2) is 6.71. The van der Waals surface area contributed by atoms with Gasteiger partial charge in [0.2, 0.25) is 0 Å². The fraction of sp³-hybridized carbons (Fsp3) is 0.750. The Morgan fingerprint density at radius 2 is 2.35 bits per heavy atom. The quantitative estimate of drug-likeness (QED) is 0.753. The van der Waals surface area contributed by atoms with E-state index in [0.29, 0.717) is 19.4 Å². The van der Waals surface area contributed by atoms with Crippen LogP contribution in [-0.2, 0) is 17.7 Å². The number of aryl methyl sites for hydroxylation is 1. The third kappa shape index (κ3) is 4.09. The number of imidazole rings is 1. The Labute approximate surface area is 102 Å². The van der Waals surface area contributed by atoms with E-state index in [2.05, 4.69) is 4.98 Å². The molecular weight excluding hydrogens is 221 g/mol. The first-order valence-corrected chi connectivity index (χ1v) is 6.03. The van der Waals surface area contributed by atoms with Gasteiger partial charge in [-0.2, -0.15) is 0 Å². The minimum absolute atomic E-state index is 0.0869. The van der Waals surface area contributed by atoms with E-state index < -0.39 is 5.67 Å². The lowest BCUT2D eigenvalue weighted by molar-refractivity contribution is 0.0314. The van der Waals surface area contributed by atoms with Crippen LogP contribution in [0.1, 0.15) is 25.6 Å². The summed E-state index contributed by atoms with van der Waals surface area (Å²) in [4.78, 5) is 4.20. The summed E-state index contributed by atoms with van der Waals surface area (Å²) in [6.45, 7) is 3.40. The first kappa shape index (κ1) is 14.1. The molecule has 4 nitrogen and oxygen atoms in total. The number of nitrogens with zero attached hydrogens (tertiary/aromatic N) is 2. The molecule has 0 aliphatic rings. The van der Waals surface area contributed by atoms with Crippen LogP contribution in [0.25, 0.3) is 0 Å². The van der Waals surface area contributed by atoms with Crippen molar-refractivity contribution in [1.29, 1.82) is 0 Å². The lowest BCUT2D eigenvalue weighted by atomic mass is 9.96. The Morgan fingerprint density at radius 1 is 1.59 bits per heavy atom. The molecule has 1 unspecified atom stereocenters. The highest BCUT2D eigenvalue weighted by molar-refractivity contribution is 4.99. The third-order valence-electron chi connectivity index (χ3n) is 2.85. The molecule has 1 aromatic rings. The molecule has 0 bridgehead atoms. The first-order chi connectivity index (χ1) is 8.15. The van der Waals surface area contributed by atoms with Crippen LogP contribution in [0.3, 0.4) is 0 Å². The molecule has 1 heterocycles. The topological polar surface area (TPSA) is 53.1 Å². The summed E-state index contributed by atoms with van der Waals surface area (Å²) < 4.78 is 21.5. The third-order valence-corrected chi connectivity index (χ3v) is 2.85. The van der Waals surface area contributed by atoms with Gasteiger partial charge in [-0.15, -0.1) is 0 Å². The summed E-state index contributed by atoms with van der Waals surface area (Å²) in [5, 5.41) is 0. The zero-order chi connectivity index (χ0) is 12.7. The van der Waals surface area contributed by atoms with Crippen molar-refractivity contribution in [2.75, 3.05) is 20.3 Å². The van der Waals surface area contributed by atoms with Crippen molar-refractivity contribution in [2.24, 2.45) is 5.73 Å². The summed E-state index contributed by atoms with van der Waals surface area (Å²) in [5.74, 6) is 0.768. The summed E-state index contributed by atoms with van der Waals surface area (Å²) >= 11 is 0. The van der Waals surface area contributed by atoms with Gasteiger partial charge in [0.1, 0.15) is 11.5 Å². The van der Waals surface area contributed by atoms with Gasteiger partial charge < -0.3 is 15.0 Å². The van der Waals surface area contributed by atoms with E-state index in [0.717, 1.165) is 12.4 Å². The molecule has 1 atom stereocenters. The van der Waals surface area contributed by atoms with Crippen LogP contribution in [-0.4, -0.2) is 35.5 Å². The second-order valence-corrected chi connectivity index (χ2v) is 4.28. The van der Waals surface area contributed by atoms with Gasteiger partial charge in [0.25, 0.3) is 0 Å². The molecule has 0 aliphatic carbocycles. The minimum atomic E-state index is -1.37. The highest BCUT2D eigenvalue weighted by Crippen LogP contribution is 2.23. The molecule has 17 heavy (non-hydrogen) atoms. The van der Waals surface area contributed by atoms with Crippen molar-refractivity contribution < 1.29 is 9.13 Å². The second-order valence-electron chi connectivity index (χ2n) is 4.28. The molecule has 0 saturated carbocycles. The summed E-state index contributed by atoms with van der Waals surface area (Å²) in [6, 6.07) is 0. The number of hydrogen-bond acceptors (Lipinski definition) is 3. The van der Waals surface area contributed by atoms with Gasteiger partial charge in [0, 0.05) is 32.5 Å². The molecular formula is C12H22FN3O. The molecule has 0 aliphatic heterocycles. The Morgan fingerprint density at radius 3 is 2.94 bits per heavy atom. The molecule has 0 amide bonds. The fourth-order valence-corrected chi connectivity index (χ4v) is 1.97. The first-order valence-electron chi connectivity index (χ1n) is 6.03. The summed E-state index contributed by atoms with van der Waals surface area (Å²) in [6.07, 6.45) is 4.92. The van der Waals surface area contributed by atoms with Crippen molar-refractivity contribution in [3.05, 3.63) is 18.2 Å². The van der Waals surface area contributed by atoms with Crippen LogP contribution >= 0.6 is 0 Å². The normalized spacial score (nSPS) is 14.8. The molecule has 0 saturated heterocycles. The molecule has 1 rings (SSSR count). The van der Waals surface area contributed by atoms with E-state index in [9.17, 15) is 4.39 Å². The maximum absolute atomic E-state index is 14.6. The summed E-state index contributed by atoms with van der Waals surface area (Å²) in [5.41, 5.74) is 4.06. The van der Waals surface area contributed by atoms with Crippen molar-refractivity contribution in [3.8, 4) is 0 Å². The van der Waals surface area contributed by atoms with Crippen molar-refractivity contribution in [3.63, 3.8) is 0 Å². The largest absolute Gasteiger partial charge is 0.381 e. The number of aromatic nitrogens is 2. The van der Waals surface area contributed by atoms with Gasteiger partial charge in [-0.1, -0.05) is 0 Å². The lowest BCUT2D eigenvalue weighted by Crippen LogP contribution is -2.33. The lowest BCUT2D eigenvalue weighted by Gasteiger charge is -2.24. The van der Waals surface area contributed by atoms with Crippen LogP contribution in [0.5, 0.6) is 0 Å². The van der Waals surface area contributed by atoms with Crippen molar-refractivity contribution in [1.82, 2.24) is 9.55 Å². The molecule has 0 fully saturated rings. The minimum Gasteiger partial charge on any atom is -0.381 e. The smallest absolute Gasteiger partial charge is 0.141 e. The molecule has 2 N–H and O–H groups in total. The number of halogens is 1.